The summed E-state index contributed by atoms with van der Waals surface area (Å²) < 4.78 is 11.0. The van der Waals surface area contributed by atoms with Crippen molar-refractivity contribution in [3.8, 4) is 0 Å². The highest BCUT2D eigenvalue weighted by Gasteiger charge is 2.54. The first-order valence-electron chi connectivity index (χ1n) is 8.49. The Morgan fingerprint density at radius 3 is 2.76 bits per heavy atom. The molecule has 3 aliphatic rings. The molecule has 2 aliphatic carbocycles. The Morgan fingerprint density at radius 2 is 2.10 bits per heavy atom. The molecule has 2 saturated carbocycles. The highest BCUT2D eigenvalue weighted by Crippen LogP contribution is 2.43. The van der Waals surface area contributed by atoms with E-state index in [1.807, 2.05) is 6.92 Å². The molecule has 5 nitrogen and oxygen atoms in total. The normalized spacial score (nSPS) is 26.9. The Labute approximate surface area is 127 Å². The molecule has 1 unspecified atom stereocenters. The fourth-order valence-corrected chi connectivity index (χ4v) is 3.32. The number of rotatable bonds is 7. The van der Waals surface area contributed by atoms with Crippen molar-refractivity contribution in [2.45, 2.75) is 50.6 Å². The Balaban J connectivity index is 1.73. The third-order valence-electron chi connectivity index (χ3n) is 4.74. The van der Waals surface area contributed by atoms with E-state index >= 15 is 0 Å². The second-order valence-corrected chi connectivity index (χ2v) is 6.63. The SMILES string of the molecule is CCOC(=O)C(CN1CCCOCC1)(NC1CC1)C1CC1. The molecule has 0 radical (unpaired) electrons. The van der Waals surface area contributed by atoms with Crippen LogP contribution in [0.5, 0.6) is 0 Å². The van der Waals surface area contributed by atoms with Gasteiger partial charge in [-0.05, 0) is 44.9 Å². The molecule has 3 fully saturated rings. The molecule has 0 aromatic carbocycles. The van der Waals surface area contributed by atoms with Gasteiger partial charge in [0.05, 0.1) is 13.2 Å². The van der Waals surface area contributed by atoms with Gasteiger partial charge in [-0.1, -0.05) is 0 Å². The van der Waals surface area contributed by atoms with Gasteiger partial charge in [-0.25, -0.2) is 4.79 Å². The van der Waals surface area contributed by atoms with Crippen molar-refractivity contribution in [2.75, 3.05) is 39.5 Å². The number of ether oxygens (including phenoxy) is 2. The van der Waals surface area contributed by atoms with Crippen molar-refractivity contribution in [1.29, 1.82) is 0 Å². The number of carbonyl (C=O) groups is 1. The lowest BCUT2D eigenvalue weighted by atomic mass is 9.91. The van der Waals surface area contributed by atoms with Crippen molar-refractivity contribution in [2.24, 2.45) is 5.92 Å². The van der Waals surface area contributed by atoms with Gasteiger partial charge in [0, 0.05) is 32.3 Å². The summed E-state index contributed by atoms with van der Waals surface area (Å²) in [6, 6.07) is 0.512. The van der Waals surface area contributed by atoms with Crippen molar-refractivity contribution in [3.63, 3.8) is 0 Å². The molecule has 0 aromatic heterocycles. The number of hydrogen-bond acceptors (Lipinski definition) is 5. The quantitative estimate of drug-likeness (QED) is 0.715. The van der Waals surface area contributed by atoms with Crippen LogP contribution in [0.4, 0.5) is 0 Å². The number of nitrogens with one attached hydrogen (secondary N) is 1. The molecule has 1 N–H and O–H groups in total. The molecular weight excluding hydrogens is 268 g/mol. The number of esters is 1. The molecule has 1 heterocycles. The van der Waals surface area contributed by atoms with Crippen LogP contribution in [0.3, 0.4) is 0 Å². The highest BCUT2D eigenvalue weighted by molar-refractivity contribution is 5.82. The number of carbonyl (C=O) groups excluding carboxylic acids is 1. The summed E-state index contributed by atoms with van der Waals surface area (Å²) in [4.78, 5) is 15.1. The van der Waals surface area contributed by atoms with Crippen LogP contribution in [-0.4, -0.2) is 61.9 Å². The van der Waals surface area contributed by atoms with Gasteiger partial charge in [-0.2, -0.15) is 0 Å². The van der Waals surface area contributed by atoms with Crippen LogP contribution in [0.1, 0.15) is 39.0 Å². The van der Waals surface area contributed by atoms with E-state index in [4.69, 9.17) is 9.47 Å². The maximum Gasteiger partial charge on any atom is 0.327 e. The number of hydrogen-bond donors (Lipinski definition) is 1. The van der Waals surface area contributed by atoms with Crippen molar-refractivity contribution < 1.29 is 14.3 Å². The van der Waals surface area contributed by atoms with Crippen LogP contribution in [0.25, 0.3) is 0 Å². The smallest absolute Gasteiger partial charge is 0.327 e. The molecule has 5 heteroatoms. The van der Waals surface area contributed by atoms with Crippen LogP contribution in [0.2, 0.25) is 0 Å². The van der Waals surface area contributed by atoms with E-state index in [1.165, 1.54) is 12.8 Å². The summed E-state index contributed by atoms with van der Waals surface area (Å²) in [7, 11) is 0. The molecule has 0 spiro atoms. The molecule has 0 amide bonds. The average Bonchev–Trinajstić information content (AvgIpc) is 3.30. The van der Waals surface area contributed by atoms with Gasteiger partial charge in [0.25, 0.3) is 0 Å². The van der Waals surface area contributed by atoms with Crippen LogP contribution in [0, 0.1) is 5.92 Å². The predicted octanol–water partition coefficient (Wildman–Crippen LogP) is 1.17. The molecule has 21 heavy (non-hydrogen) atoms. The summed E-state index contributed by atoms with van der Waals surface area (Å²) in [6.07, 6.45) is 5.72. The molecular formula is C16H28N2O3. The van der Waals surface area contributed by atoms with Crippen LogP contribution in [0.15, 0.2) is 0 Å². The zero-order valence-electron chi connectivity index (χ0n) is 13.1. The Morgan fingerprint density at radius 1 is 1.29 bits per heavy atom. The molecule has 3 rings (SSSR count). The average molecular weight is 296 g/mol. The lowest BCUT2D eigenvalue weighted by Gasteiger charge is -2.37. The third-order valence-corrected chi connectivity index (χ3v) is 4.74. The molecule has 1 saturated heterocycles. The summed E-state index contributed by atoms with van der Waals surface area (Å²) in [5.74, 6) is 0.408. The van der Waals surface area contributed by atoms with Gasteiger partial charge in [-0.3, -0.25) is 10.2 Å². The Kier molecular flexibility index (Phi) is 4.82. The van der Waals surface area contributed by atoms with E-state index in [-0.39, 0.29) is 5.97 Å². The molecule has 0 bridgehead atoms. The minimum atomic E-state index is -0.485. The lowest BCUT2D eigenvalue weighted by molar-refractivity contribution is -0.153. The number of nitrogens with zero attached hydrogens (tertiary/aromatic N) is 1. The third kappa shape index (κ3) is 3.76. The van der Waals surface area contributed by atoms with E-state index in [1.54, 1.807) is 0 Å². The van der Waals surface area contributed by atoms with Gasteiger partial charge in [-0.15, -0.1) is 0 Å². The maximum atomic E-state index is 12.7. The Hall–Kier alpha value is -0.650. The zero-order chi connectivity index (χ0) is 14.7. The van der Waals surface area contributed by atoms with E-state index in [2.05, 4.69) is 10.2 Å². The standard InChI is InChI=1S/C16H28N2O3/c1-2-21-15(19)16(13-4-5-13,17-14-6-7-14)12-18-8-3-10-20-11-9-18/h13-14,17H,2-12H2,1H3. The maximum absolute atomic E-state index is 12.7. The largest absolute Gasteiger partial charge is 0.465 e. The molecule has 0 aromatic rings. The zero-order valence-corrected chi connectivity index (χ0v) is 13.1. The van der Waals surface area contributed by atoms with E-state index in [9.17, 15) is 4.79 Å². The Bertz CT molecular complexity index is 361. The van der Waals surface area contributed by atoms with Gasteiger partial charge in [0.15, 0.2) is 0 Å². The minimum absolute atomic E-state index is 0.0374. The van der Waals surface area contributed by atoms with Gasteiger partial charge < -0.3 is 9.47 Å². The van der Waals surface area contributed by atoms with Gasteiger partial charge >= 0.3 is 5.97 Å². The highest BCUT2D eigenvalue weighted by atomic mass is 16.5. The lowest BCUT2D eigenvalue weighted by Crippen LogP contribution is -2.62. The van der Waals surface area contributed by atoms with Crippen molar-refractivity contribution in [1.82, 2.24) is 10.2 Å². The van der Waals surface area contributed by atoms with Gasteiger partial charge in [0.1, 0.15) is 5.54 Å². The van der Waals surface area contributed by atoms with E-state index < -0.39 is 5.54 Å². The first-order chi connectivity index (χ1) is 10.2. The first kappa shape index (κ1) is 15.3. The first-order valence-corrected chi connectivity index (χ1v) is 8.49. The van der Waals surface area contributed by atoms with E-state index in [0.717, 1.165) is 52.1 Å². The summed E-state index contributed by atoms with van der Waals surface area (Å²) in [5, 5.41) is 3.66. The van der Waals surface area contributed by atoms with E-state index in [0.29, 0.717) is 18.6 Å². The van der Waals surface area contributed by atoms with Crippen LogP contribution in [-0.2, 0) is 14.3 Å². The molecule has 1 aliphatic heterocycles. The molecule has 1 atom stereocenters. The minimum Gasteiger partial charge on any atom is -0.465 e. The summed E-state index contributed by atoms with van der Waals surface area (Å²) >= 11 is 0. The fourth-order valence-electron chi connectivity index (χ4n) is 3.32. The second kappa shape index (κ2) is 6.63. The van der Waals surface area contributed by atoms with Gasteiger partial charge in [0.2, 0.25) is 0 Å². The van der Waals surface area contributed by atoms with Crippen molar-refractivity contribution >= 4 is 5.97 Å². The summed E-state index contributed by atoms with van der Waals surface area (Å²) in [6.45, 7) is 6.67. The van der Waals surface area contributed by atoms with Crippen LogP contribution < -0.4 is 5.32 Å². The monoisotopic (exact) mass is 296 g/mol. The summed E-state index contributed by atoms with van der Waals surface area (Å²) in [5.41, 5.74) is -0.485. The topological polar surface area (TPSA) is 50.8 Å². The second-order valence-electron chi connectivity index (χ2n) is 6.63. The molecule has 120 valence electrons. The predicted molar refractivity (Wildman–Crippen MR) is 80.1 cm³/mol. The fraction of sp³-hybridized carbons (Fsp3) is 0.938. The van der Waals surface area contributed by atoms with Crippen LogP contribution >= 0.6 is 0 Å². The van der Waals surface area contributed by atoms with Crippen molar-refractivity contribution in [3.05, 3.63) is 0 Å².